The number of piperidine rings is 1. The quantitative estimate of drug-likeness (QED) is 0.713. The van der Waals surface area contributed by atoms with Crippen LogP contribution in [0.5, 0.6) is 0 Å². The number of nitrogen functional groups attached to an aromatic ring is 1. The van der Waals surface area contributed by atoms with Gasteiger partial charge >= 0.3 is 0 Å². The predicted molar refractivity (Wildman–Crippen MR) is 118 cm³/mol. The van der Waals surface area contributed by atoms with Crippen molar-refractivity contribution >= 4 is 42.1 Å². The molecule has 1 unspecified atom stereocenters. The minimum Gasteiger partial charge on any atom is -0.399 e. The van der Waals surface area contributed by atoms with E-state index in [-0.39, 0.29) is 30.7 Å². The molecule has 1 saturated heterocycles. The molecule has 0 radical (unpaired) electrons. The maximum absolute atomic E-state index is 12.2. The molecule has 148 valence electrons. The Labute approximate surface area is 174 Å². The number of halogens is 2. The minimum absolute atomic E-state index is 0. The van der Waals surface area contributed by atoms with Gasteiger partial charge in [-0.25, -0.2) is 0 Å². The monoisotopic (exact) mass is 409 g/mol. The molecule has 0 aromatic heterocycles. The lowest BCUT2D eigenvalue weighted by atomic mass is 10.00. The fraction of sp³-hybridized carbons (Fsp3) is 0.381. The van der Waals surface area contributed by atoms with Crippen molar-refractivity contribution in [2.45, 2.75) is 32.7 Å². The lowest BCUT2D eigenvalue weighted by molar-refractivity contribution is -0.115. The van der Waals surface area contributed by atoms with Crippen LogP contribution in [0, 0.1) is 5.92 Å². The maximum atomic E-state index is 12.2. The number of hydrogen-bond donors (Lipinski definition) is 2. The molecule has 0 bridgehead atoms. The van der Waals surface area contributed by atoms with Crippen molar-refractivity contribution in [2.24, 2.45) is 5.92 Å². The Hall–Kier alpha value is -1.75. The van der Waals surface area contributed by atoms with Gasteiger partial charge in [0.05, 0.1) is 6.42 Å². The smallest absolute Gasteiger partial charge is 0.228 e. The summed E-state index contributed by atoms with van der Waals surface area (Å²) in [5, 5.41) is 2.96. The van der Waals surface area contributed by atoms with E-state index in [2.05, 4.69) is 29.3 Å². The number of nitrogens with two attached hydrogens (primary N) is 1. The lowest BCUT2D eigenvalue weighted by Crippen LogP contribution is -2.33. The third kappa shape index (κ3) is 7.41. The highest BCUT2D eigenvalue weighted by molar-refractivity contribution is 5.92. The Bertz CT molecular complexity index is 704. The van der Waals surface area contributed by atoms with E-state index in [0.29, 0.717) is 12.1 Å². The van der Waals surface area contributed by atoms with Crippen molar-refractivity contribution in [1.82, 2.24) is 4.90 Å². The van der Waals surface area contributed by atoms with Crippen LogP contribution in [0.2, 0.25) is 0 Å². The lowest BCUT2D eigenvalue weighted by Gasteiger charge is -2.30. The van der Waals surface area contributed by atoms with Crippen LogP contribution in [0.25, 0.3) is 0 Å². The normalized spacial score (nSPS) is 16.7. The molecular formula is C21H29Cl2N3O. The molecule has 2 aromatic rings. The Morgan fingerprint density at radius 1 is 1.07 bits per heavy atom. The van der Waals surface area contributed by atoms with Gasteiger partial charge in [-0.15, -0.1) is 24.8 Å². The zero-order valence-corrected chi connectivity index (χ0v) is 17.3. The average Bonchev–Trinajstić information content (AvgIpc) is 2.59. The molecule has 6 heteroatoms. The first-order valence-electron chi connectivity index (χ1n) is 9.04. The first-order chi connectivity index (χ1) is 12.1. The Morgan fingerprint density at radius 2 is 1.70 bits per heavy atom. The number of nitrogens with one attached hydrogen (secondary N) is 1. The summed E-state index contributed by atoms with van der Waals surface area (Å²) in [6.45, 7) is 5.68. The highest BCUT2D eigenvalue weighted by Crippen LogP contribution is 2.19. The van der Waals surface area contributed by atoms with Crippen molar-refractivity contribution < 1.29 is 4.79 Å². The first-order valence-corrected chi connectivity index (χ1v) is 9.04. The van der Waals surface area contributed by atoms with Crippen LogP contribution in [-0.4, -0.2) is 23.9 Å². The fourth-order valence-electron chi connectivity index (χ4n) is 3.41. The van der Waals surface area contributed by atoms with Crippen LogP contribution in [0.4, 0.5) is 11.4 Å². The molecule has 1 amide bonds. The van der Waals surface area contributed by atoms with Crippen molar-refractivity contribution in [1.29, 1.82) is 0 Å². The molecule has 4 nitrogen and oxygen atoms in total. The third-order valence-corrected chi connectivity index (χ3v) is 4.73. The van der Waals surface area contributed by atoms with Crippen molar-refractivity contribution in [2.75, 3.05) is 24.1 Å². The van der Waals surface area contributed by atoms with E-state index < -0.39 is 0 Å². The van der Waals surface area contributed by atoms with Gasteiger partial charge in [-0.05, 0) is 60.7 Å². The Balaban J connectivity index is 0.00000182. The molecule has 27 heavy (non-hydrogen) atoms. The van der Waals surface area contributed by atoms with E-state index >= 15 is 0 Å². The van der Waals surface area contributed by atoms with Crippen LogP contribution in [0.3, 0.4) is 0 Å². The van der Waals surface area contributed by atoms with Gasteiger partial charge in [0.15, 0.2) is 0 Å². The third-order valence-electron chi connectivity index (χ3n) is 4.73. The van der Waals surface area contributed by atoms with E-state index in [9.17, 15) is 4.79 Å². The van der Waals surface area contributed by atoms with Gasteiger partial charge in [-0.3, -0.25) is 9.69 Å². The maximum Gasteiger partial charge on any atom is 0.228 e. The Kier molecular flexibility index (Phi) is 9.64. The van der Waals surface area contributed by atoms with Gasteiger partial charge in [0, 0.05) is 24.5 Å². The average molecular weight is 410 g/mol. The van der Waals surface area contributed by atoms with E-state index in [1.54, 1.807) is 0 Å². The topological polar surface area (TPSA) is 58.4 Å². The number of nitrogens with zero attached hydrogens (tertiary/aromatic N) is 1. The fourth-order valence-corrected chi connectivity index (χ4v) is 3.41. The molecule has 1 heterocycles. The number of benzene rings is 2. The van der Waals surface area contributed by atoms with Crippen molar-refractivity contribution in [3.63, 3.8) is 0 Å². The summed E-state index contributed by atoms with van der Waals surface area (Å²) in [6.07, 6.45) is 2.99. The van der Waals surface area contributed by atoms with Crippen LogP contribution >= 0.6 is 24.8 Å². The summed E-state index contributed by atoms with van der Waals surface area (Å²) >= 11 is 0. The van der Waals surface area contributed by atoms with Crippen molar-refractivity contribution in [3.8, 4) is 0 Å². The Morgan fingerprint density at radius 3 is 2.33 bits per heavy atom. The van der Waals surface area contributed by atoms with Crippen LogP contribution in [0.1, 0.15) is 30.9 Å². The zero-order chi connectivity index (χ0) is 17.6. The van der Waals surface area contributed by atoms with Gasteiger partial charge in [0.2, 0.25) is 5.91 Å². The van der Waals surface area contributed by atoms with Gasteiger partial charge in [-0.1, -0.05) is 31.2 Å². The first kappa shape index (κ1) is 23.3. The van der Waals surface area contributed by atoms with Gasteiger partial charge < -0.3 is 11.1 Å². The molecule has 1 aliphatic heterocycles. The summed E-state index contributed by atoms with van der Waals surface area (Å²) < 4.78 is 0. The number of carbonyl (C=O) groups is 1. The molecular weight excluding hydrogens is 381 g/mol. The van der Waals surface area contributed by atoms with E-state index in [1.807, 2.05) is 36.4 Å². The van der Waals surface area contributed by atoms with Crippen LogP contribution < -0.4 is 11.1 Å². The second-order valence-electron chi connectivity index (χ2n) is 7.15. The van der Waals surface area contributed by atoms with Crippen LogP contribution in [-0.2, 0) is 17.8 Å². The SMILES string of the molecule is CC1CCCN(Cc2ccc(NC(=O)Cc3ccc(N)cc3)cc2)C1.Cl.Cl. The summed E-state index contributed by atoms with van der Waals surface area (Å²) in [5.74, 6) is 0.781. The van der Waals surface area contributed by atoms with Crippen LogP contribution in [0.15, 0.2) is 48.5 Å². The molecule has 1 aliphatic rings. The summed E-state index contributed by atoms with van der Waals surface area (Å²) in [7, 11) is 0. The van der Waals surface area contributed by atoms with E-state index in [0.717, 1.165) is 23.7 Å². The number of carbonyl (C=O) groups excluding carboxylic acids is 1. The second kappa shape index (κ2) is 11.2. The minimum atomic E-state index is -0.0117. The summed E-state index contributed by atoms with van der Waals surface area (Å²) in [5.41, 5.74) is 9.48. The molecule has 2 aromatic carbocycles. The second-order valence-corrected chi connectivity index (χ2v) is 7.15. The molecule has 0 spiro atoms. The molecule has 0 aliphatic carbocycles. The van der Waals surface area contributed by atoms with Gasteiger partial charge in [-0.2, -0.15) is 0 Å². The summed E-state index contributed by atoms with van der Waals surface area (Å²) in [6, 6.07) is 15.6. The molecule has 0 saturated carbocycles. The number of rotatable bonds is 5. The standard InChI is InChI=1S/C21H27N3O.2ClH/c1-16-3-2-12-24(14-16)15-18-6-10-20(11-7-18)23-21(25)13-17-4-8-19(22)9-5-17;;/h4-11,16H,2-3,12-15,22H2,1H3,(H,23,25);2*1H. The predicted octanol–water partition coefficient (Wildman–Crippen LogP) is 4.53. The number of likely N-dealkylation sites (tertiary alicyclic amines) is 1. The molecule has 1 atom stereocenters. The summed E-state index contributed by atoms with van der Waals surface area (Å²) in [4.78, 5) is 14.7. The number of amides is 1. The molecule has 3 N–H and O–H groups in total. The van der Waals surface area contributed by atoms with Gasteiger partial charge in [0.1, 0.15) is 0 Å². The van der Waals surface area contributed by atoms with E-state index in [4.69, 9.17) is 5.73 Å². The number of anilines is 2. The molecule has 1 fully saturated rings. The highest BCUT2D eigenvalue weighted by Gasteiger charge is 2.16. The molecule has 3 rings (SSSR count). The largest absolute Gasteiger partial charge is 0.399 e. The van der Waals surface area contributed by atoms with E-state index in [1.165, 1.54) is 31.5 Å². The van der Waals surface area contributed by atoms with Gasteiger partial charge in [0.25, 0.3) is 0 Å². The highest BCUT2D eigenvalue weighted by atomic mass is 35.5. The number of hydrogen-bond acceptors (Lipinski definition) is 3. The van der Waals surface area contributed by atoms with Crippen molar-refractivity contribution in [3.05, 3.63) is 59.7 Å². The zero-order valence-electron chi connectivity index (χ0n) is 15.7.